The van der Waals surface area contributed by atoms with Crippen molar-refractivity contribution in [2.45, 2.75) is 186 Å². The number of hydrogen-bond donors (Lipinski definition) is 0. The number of carbonyl (C=O) groups is 1. The van der Waals surface area contributed by atoms with Gasteiger partial charge in [-0.25, -0.2) is 0 Å². The maximum absolute atomic E-state index is 13.6. The first-order chi connectivity index (χ1) is 20.1. The first-order valence-electron chi connectivity index (χ1n) is 17.9. The fourth-order valence-corrected chi connectivity index (χ4v) is 9.65. The summed E-state index contributed by atoms with van der Waals surface area (Å²) >= 11 is 0. The van der Waals surface area contributed by atoms with Gasteiger partial charge in [-0.3, -0.25) is 4.79 Å². The highest BCUT2D eigenvalue weighted by molar-refractivity contribution is 5.76. The van der Waals surface area contributed by atoms with Gasteiger partial charge in [0, 0.05) is 45.3 Å². The quantitative estimate of drug-likeness (QED) is 0.140. The summed E-state index contributed by atoms with van der Waals surface area (Å²) in [5.74, 6) is 1.67. The largest absolute Gasteiger partial charge is 0.458 e. The lowest BCUT2D eigenvalue weighted by molar-refractivity contribution is -0.341. The first kappa shape index (κ1) is 32.7. The molecular weight excluding hydrogens is 528 g/mol. The SMILES string of the molecule is CCOC(CC1CCCCC1)OC12CC3CC(OC(=O)C(C)(C)CC)(C1)CC(OC(CC1CCCCC1)OCC)(C3)C2. The van der Waals surface area contributed by atoms with E-state index in [-0.39, 0.29) is 18.5 Å². The van der Waals surface area contributed by atoms with E-state index in [1.54, 1.807) is 0 Å². The number of esters is 1. The van der Waals surface area contributed by atoms with Gasteiger partial charge >= 0.3 is 5.97 Å². The Morgan fingerprint density at radius 2 is 1.12 bits per heavy atom. The summed E-state index contributed by atoms with van der Waals surface area (Å²) in [6, 6.07) is 0. The molecule has 42 heavy (non-hydrogen) atoms. The maximum Gasteiger partial charge on any atom is 0.312 e. The molecule has 6 nitrogen and oxygen atoms in total. The molecule has 0 saturated heterocycles. The number of carbonyl (C=O) groups excluding carboxylic acids is 1. The Hall–Kier alpha value is -0.690. The van der Waals surface area contributed by atoms with Gasteiger partial charge in [0.2, 0.25) is 0 Å². The highest BCUT2D eigenvalue weighted by atomic mass is 16.7. The van der Waals surface area contributed by atoms with E-state index in [1.165, 1.54) is 64.2 Å². The van der Waals surface area contributed by atoms with Gasteiger partial charge in [-0.2, -0.15) is 0 Å². The van der Waals surface area contributed by atoms with Crippen LogP contribution in [0.1, 0.15) is 157 Å². The Bertz CT molecular complexity index is 826. The molecule has 6 saturated carbocycles. The molecule has 0 radical (unpaired) electrons. The zero-order valence-electron chi connectivity index (χ0n) is 27.7. The Morgan fingerprint density at radius 3 is 1.55 bits per heavy atom. The van der Waals surface area contributed by atoms with E-state index >= 15 is 0 Å². The molecule has 6 rings (SSSR count). The highest BCUT2D eigenvalue weighted by Crippen LogP contribution is 2.64. The fraction of sp³-hybridized carbons (Fsp3) is 0.972. The van der Waals surface area contributed by atoms with E-state index in [4.69, 9.17) is 23.7 Å². The van der Waals surface area contributed by atoms with Gasteiger partial charge in [0.25, 0.3) is 0 Å². The minimum absolute atomic E-state index is 0.0793. The molecule has 0 spiro atoms. The van der Waals surface area contributed by atoms with E-state index < -0.39 is 22.2 Å². The average molecular weight is 591 g/mol. The minimum Gasteiger partial charge on any atom is -0.458 e. The van der Waals surface area contributed by atoms with E-state index in [0.717, 1.165) is 57.8 Å². The predicted octanol–water partition coefficient (Wildman–Crippen LogP) is 8.88. The van der Waals surface area contributed by atoms with Crippen LogP contribution < -0.4 is 0 Å². The summed E-state index contributed by atoms with van der Waals surface area (Å²) in [5.41, 5.74) is -1.85. The second-order valence-electron chi connectivity index (χ2n) is 15.7. The smallest absolute Gasteiger partial charge is 0.312 e. The van der Waals surface area contributed by atoms with Crippen molar-refractivity contribution in [2.75, 3.05) is 13.2 Å². The van der Waals surface area contributed by atoms with Gasteiger partial charge < -0.3 is 23.7 Å². The molecule has 6 fully saturated rings. The molecule has 0 aromatic rings. The average Bonchev–Trinajstić information content (AvgIpc) is 2.93. The molecule has 0 heterocycles. The topological polar surface area (TPSA) is 63.2 Å². The van der Waals surface area contributed by atoms with Crippen LogP contribution in [-0.4, -0.2) is 48.6 Å². The van der Waals surface area contributed by atoms with Crippen LogP contribution in [0.2, 0.25) is 0 Å². The number of ether oxygens (including phenoxy) is 5. The van der Waals surface area contributed by atoms with Crippen LogP contribution in [0.3, 0.4) is 0 Å². The molecule has 6 aliphatic rings. The van der Waals surface area contributed by atoms with E-state index in [2.05, 4.69) is 20.8 Å². The van der Waals surface area contributed by atoms with Gasteiger partial charge in [-0.05, 0) is 71.1 Å². The Balaban J connectivity index is 1.40. The van der Waals surface area contributed by atoms with Crippen LogP contribution in [0.25, 0.3) is 0 Å². The summed E-state index contributed by atoms with van der Waals surface area (Å²) in [5, 5.41) is 0. The lowest BCUT2D eigenvalue weighted by Crippen LogP contribution is -2.69. The van der Waals surface area contributed by atoms with Crippen molar-refractivity contribution in [3.63, 3.8) is 0 Å². The predicted molar refractivity (Wildman–Crippen MR) is 165 cm³/mol. The van der Waals surface area contributed by atoms with Crippen LogP contribution in [0.4, 0.5) is 0 Å². The van der Waals surface area contributed by atoms with Crippen molar-refractivity contribution < 1.29 is 28.5 Å². The van der Waals surface area contributed by atoms with E-state index in [1.807, 2.05) is 13.8 Å². The summed E-state index contributed by atoms with van der Waals surface area (Å²) < 4.78 is 33.7. The second-order valence-corrected chi connectivity index (χ2v) is 15.7. The molecule has 6 aliphatic carbocycles. The third-order valence-corrected chi connectivity index (χ3v) is 11.6. The van der Waals surface area contributed by atoms with Gasteiger partial charge in [0.1, 0.15) is 5.60 Å². The number of rotatable bonds is 15. The Kier molecular flexibility index (Phi) is 10.7. The molecule has 242 valence electrons. The van der Waals surface area contributed by atoms with Gasteiger partial charge in [-0.15, -0.1) is 0 Å². The first-order valence-corrected chi connectivity index (χ1v) is 17.9. The highest BCUT2D eigenvalue weighted by Gasteiger charge is 2.67. The van der Waals surface area contributed by atoms with Crippen LogP contribution >= 0.6 is 0 Å². The van der Waals surface area contributed by atoms with Crippen LogP contribution in [-0.2, 0) is 28.5 Å². The van der Waals surface area contributed by atoms with E-state index in [9.17, 15) is 4.79 Å². The molecule has 0 aromatic heterocycles. The summed E-state index contributed by atoms with van der Waals surface area (Å²) in [4.78, 5) is 13.6. The van der Waals surface area contributed by atoms with Crippen molar-refractivity contribution in [1.29, 1.82) is 0 Å². The van der Waals surface area contributed by atoms with E-state index in [0.29, 0.717) is 31.0 Å². The zero-order chi connectivity index (χ0) is 29.8. The monoisotopic (exact) mass is 590 g/mol. The molecule has 0 N–H and O–H groups in total. The standard InChI is InChI=1S/C36H62O6/c1-6-33(4,5)32(37)42-36-23-29-21-34(25-36,40-30(38-7-2)19-27-15-11-9-12-16-27)24-35(22-29,26-36)41-31(39-8-3)20-28-17-13-10-14-18-28/h27-31H,6-26H2,1-5H3. The maximum atomic E-state index is 13.6. The third-order valence-electron chi connectivity index (χ3n) is 11.6. The normalized spacial score (nSPS) is 35.3. The lowest BCUT2D eigenvalue weighted by Gasteiger charge is -2.65. The summed E-state index contributed by atoms with van der Waals surface area (Å²) in [7, 11) is 0. The molecule has 0 aromatic carbocycles. The van der Waals surface area contributed by atoms with Crippen molar-refractivity contribution in [2.24, 2.45) is 23.2 Å². The van der Waals surface area contributed by atoms with Gasteiger partial charge in [0.05, 0.1) is 16.6 Å². The summed E-state index contributed by atoms with van der Waals surface area (Å²) in [6.07, 6.45) is 20.6. The van der Waals surface area contributed by atoms with Crippen LogP contribution in [0.5, 0.6) is 0 Å². The van der Waals surface area contributed by atoms with Crippen LogP contribution in [0.15, 0.2) is 0 Å². The minimum atomic E-state index is -0.549. The Labute approximate surface area is 256 Å². The Morgan fingerprint density at radius 1 is 0.690 bits per heavy atom. The molecule has 6 heteroatoms. The van der Waals surface area contributed by atoms with Crippen molar-refractivity contribution in [1.82, 2.24) is 0 Å². The third kappa shape index (κ3) is 7.74. The molecule has 4 atom stereocenters. The van der Waals surface area contributed by atoms with Crippen molar-refractivity contribution >= 4 is 5.97 Å². The lowest BCUT2D eigenvalue weighted by atomic mass is 9.50. The fourth-order valence-electron chi connectivity index (χ4n) is 9.65. The summed E-state index contributed by atoms with van der Waals surface area (Å²) in [6.45, 7) is 11.6. The van der Waals surface area contributed by atoms with Crippen molar-refractivity contribution in [3.05, 3.63) is 0 Å². The molecule has 4 bridgehead atoms. The van der Waals surface area contributed by atoms with Crippen molar-refractivity contribution in [3.8, 4) is 0 Å². The molecule has 4 unspecified atom stereocenters. The van der Waals surface area contributed by atoms with Gasteiger partial charge in [-0.1, -0.05) is 71.1 Å². The molecule has 0 amide bonds. The molecule has 0 aliphatic heterocycles. The molecular formula is C36H62O6. The second kappa shape index (κ2) is 13.7. The van der Waals surface area contributed by atoms with Crippen LogP contribution in [0, 0.1) is 23.2 Å². The number of hydrogen-bond acceptors (Lipinski definition) is 6. The zero-order valence-corrected chi connectivity index (χ0v) is 27.7. The van der Waals surface area contributed by atoms with Gasteiger partial charge in [0.15, 0.2) is 12.6 Å².